The Hall–Kier alpha value is -1.08. The third-order valence-corrected chi connectivity index (χ3v) is 7.94. The van der Waals surface area contributed by atoms with Gasteiger partial charge in [0.2, 0.25) is 0 Å². The first-order valence-electron chi connectivity index (χ1n) is 19.9. The molecule has 298 valence electrons. The quantitative estimate of drug-likeness (QED) is 0.0500. The molecule has 8 nitrogen and oxygen atoms in total. The van der Waals surface area contributed by atoms with E-state index < -0.39 is 23.9 Å². The summed E-state index contributed by atoms with van der Waals surface area (Å²) >= 11 is 0. The van der Waals surface area contributed by atoms with Gasteiger partial charge < -0.3 is 39.6 Å². The fourth-order valence-corrected chi connectivity index (χ4v) is 4.91. The average molecular weight is 795 g/mol. The second kappa shape index (κ2) is 57.3. The van der Waals surface area contributed by atoms with E-state index in [0.29, 0.717) is 0 Å². The van der Waals surface area contributed by atoms with Crippen LogP contribution in [0.4, 0.5) is 0 Å². The van der Waals surface area contributed by atoms with E-state index >= 15 is 0 Å². The number of carbonyl (C=O) groups is 4. The van der Waals surface area contributed by atoms with Crippen molar-refractivity contribution in [3.8, 4) is 0 Å². The summed E-state index contributed by atoms with van der Waals surface area (Å²) in [6, 6.07) is 0. The van der Waals surface area contributed by atoms with Crippen LogP contribution in [0.1, 0.15) is 233 Å². The van der Waals surface area contributed by atoms with Gasteiger partial charge in [0.05, 0.1) is 0 Å². The van der Waals surface area contributed by atoms with Crippen LogP contribution in [0, 0.1) is 0 Å². The van der Waals surface area contributed by atoms with E-state index in [1.165, 1.54) is 128 Å². The minimum Gasteiger partial charge on any atom is -0.550 e. The van der Waals surface area contributed by atoms with Crippen molar-refractivity contribution in [1.82, 2.24) is 0 Å². The van der Waals surface area contributed by atoms with E-state index in [9.17, 15) is 39.6 Å². The number of carbonyl (C=O) groups excluding carboxylic acids is 4. The molecule has 0 aliphatic carbocycles. The summed E-state index contributed by atoms with van der Waals surface area (Å²) in [5.74, 6) is -3.65. The molecule has 0 aromatic heterocycles. The molecule has 0 N–H and O–H groups in total. The van der Waals surface area contributed by atoms with Crippen LogP contribution in [-0.2, 0) is 53.3 Å². The van der Waals surface area contributed by atoms with E-state index in [2.05, 4.69) is 27.7 Å². The van der Waals surface area contributed by atoms with Crippen molar-refractivity contribution < 1.29 is 73.7 Å². The van der Waals surface area contributed by atoms with Crippen molar-refractivity contribution in [1.29, 1.82) is 0 Å². The summed E-state index contributed by atoms with van der Waals surface area (Å²) < 4.78 is 0. The molecule has 0 saturated carbocycles. The van der Waals surface area contributed by atoms with Crippen molar-refractivity contribution in [3.63, 3.8) is 0 Å². The van der Waals surface area contributed by atoms with Crippen LogP contribution in [0.25, 0.3) is 0 Å². The van der Waals surface area contributed by atoms with Gasteiger partial charge in [-0.15, -0.1) is 0 Å². The van der Waals surface area contributed by atoms with Gasteiger partial charge in [-0.05, 0) is 51.4 Å². The third-order valence-electron chi connectivity index (χ3n) is 7.94. The first-order chi connectivity index (χ1) is 23.1. The van der Waals surface area contributed by atoms with Gasteiger partial charge in [0, 0.05) is 23.9 Å². The monoisotopic (exact) mass is 794 g/mol. The van der Waals surface area contributed by atoms with Gasteiger partial charge in [0.15, 0.2) is 0 Å². The molecule has 0 spiro atoms. The van der Waals surface area contributed by atoms with Crippen molar-refractivity contribution in [2.24, 2.45) is 0 Å². The molecule has 0 saturated heterocycles. The summed E-state index contributed by atoms with van der Waals surface area (Å²) in [5.41, 5.74) is 0. The second-order valence-electron chi connectivity index (χ2n) is 13.0. The van der Waals surface area contributed by atoms with Crippen LogP contribution in [0.5, 0.6) is 0 Å². The van der Waals surface area contributed by atoms with Gasteiger partial charge in [-0.3, -0.25) is 0 Å². The molecule has 50 heavy (non-hydrogen) atoms. The van der Waals surface area contributed by atoms with Gasteiger partial charge in [-0.25, -0.2) is 0 Å². The summed E-state index contributed by atoms with van der Waals surface area (Å²) in [6.45, 7) is 8.76. The van der Waals surface area contributed by atoms with Gasteiger partial charge >= 0.3 is 34.1 Å². The molecule has 0 unspecified atom stereocenters. The van der Waals surface area contributed by atoms with Crippen LogP contribution in [0.3, 0.4) is 0 Å². The van der Waals surface area contributed by atoms with Crippen molar-refractivity contribution in [2.75, 3.05) is 0 Å². The number of hydrogen-bond acceptors (Lipinski definition) is 8. The minimum atomic E-state index is -0.913. The molecule has 0 aromatic carbocycles. The zero-order valence-corrected chi connectivity index (χ0v) is 35.0. The predicted octanol–water partition coefficient (Wildman–Crippen LogP) is 7.50. The Kier molecular flexibility index (Phi) is 69.8. The predicted molar refractivity (Wildman–Crippen MR) is 190 cm³/mol. The Bertz CT molecular complexity index is 566. The van der Waals surface area contributed by atoms with Crippen molar-refractivity contribution in [2.45, 2.75) is 233 Å². The van der Waals surface area contributed by atoms with E-state index in [1.807, 2.05) is 0 Å². The van der Waals surface area contributed by atoms with Crippen LogP contribution in [-0.4, -0.2) is 23.9 Å². The normalized spacial score (nSPS) is 9.68. The molecule has 10 heteroatoms. The Morgan fingerprint density at radius 3 is 0.500 bits per heavy atom. The van der Waals surface area contributed by atoms with Gasteiger partial charge in [0.1, 0.15) is 0 Å². The number of unbranched alkanes of at least 4 members (excludes halogenated alkanes) is 24. The maximum Gasteiger partial charge on any atom is 2.00 e. The summed E-state index contributed by atoms with van der Waals surface area (Å²) in [5, 5.41) is 40.1. The standard InChI is InChI=1S/4C10H20O2.2Mn/c4*1-2-3-4-5-6-7-8-9-10(11)12;;/h4*2-9H2,1H3,(H,11,12);;/q;;;;2*+2/p-4. The van der Waals surface area contributed by atoms with E-state index in [4.69, 9.17) is 0 Å². The van der Waals surface area contributed by atoms with Crippen LogP contribution >= 0.6 is 0 Å². The second-order valence-corrected chi connectivity index (χ2v) is 13.0. The zero-order chi connectivity index (χ0) is 36.9. The van der Waals surface area contributed by atoms with Gasteiger partial charge in [-0.2, -0.15) is 0 Å². The van der Waals surface area contributed by atoms with Crippen LogP contribution in [0.15, 0.2) is 0 Å². The maximum atomic E-state index is 10.0. The van der Waals surface area contributed by atoms with Crippen LogP contribution in [0.2, 0.25) is 0 Å². The molecule has 0 bridgehead atoms. The number of hydrogen-bond donors (Lipinski definition) is 0. The molecule has 0 aliphatic rings. The summed E-state index contributed by atoms with van der Waals surface area (Å²) in [4.78, 5) is 40.1. The molecule has 0 heterocycles. The number of carboxylic acids is 4. The van der Waals surface area contributed by atoms with Crippen molar-refractivity contribution in [3.05, 3.63) is 0 Å². The molecule has 0 atom stereocenters. The molecular formula is C40H76Mn2O8. The smallest absolute Gasteiger partial charge is 0.550 e. The Morgan fingerprint density at radius 1 is 0.260 bits per heavy atom. The largest absolute Gasteiger partial charge is 2.00 e. The first-order valence-corrected chi connectivity index (χ1v) is 19.9. The van der Waals surface area contributed by atoms with E-state index in [1.54, 1.807) is 0 Å². The zero-order valence-electron chi connectivity index (χ0n) is 32.6. The Morgan fingerprint density at radius 2 is 0.380 bits per heavy atom. The summed E-state index contributed by atoms with van der Waals surface area (Å²) in [6.07, 6.45) is 33.4. The topological polar surface area (TPSA) is 161 Å². The molecule has 0 fully saturated rings. The fraction of sp³-hybridized carbons (Fsp3) is 0.900. The van der Waals surface area contributed by atoms with Gasteiger partial charge in [-0.1, -0.05) is 182 Å². The molecule has 2 radical (unpaired) electrons. The molecule has 0 amide bonds. The average Bonchev–Trinajstić information content (AvgIpc) is 3.03. The van der Waals surface area contributed by atoms with Crippen molar-refractivity contribution >= 4 is 23.9 Å². The summed E-state index contributed by atoms with van der Waals surface area (Å²) in [7, 11) is 0. The minimum absolute atomic E-state index is 0. The van der Waals surface area contributed by atoms with Gasteiger partial charge in [0.25, 0.3) is 0 Å². The number of carboxylic acid groups (broad SMARTS) is 4. The Labute approximate surface area is 329 Å². The molecular weight excluding hydrogens is 718 g/mol. The third kappa shape index (κ3) is 81.1. The Balaban J connectivity index is -0.000000127. The maximum absolute atomic E-state index is 10.0. The van der Waals surface area contributed by atoms with E-state index in [-0.39, 0.29) is 59.8 Å². The fourth-order valence-electron chi connectivity index (χ4n) is 4.91. The number of rotatable bonds is 32. The molecule has 0 rings (SSSR count). The number of aliphatic carboxylic acids is 4. The SMILES string of the molecule is CCCCCCCCCC(=O)[O-].CCCCCCCCCC(=O)[O-].CCCCCCCCCC(=O)[O-].CCCCCCCCCC(=O)[O-].[Mn+2].[Mn+2]. The van der Waals surface area contributed by atoms with Crippen LogP contribution < -0.4 is 20.4 Å². The molecule has 0 aromatic rings. The van der Waals surface area contributed by atoms with E-state index in [0.717, 1.165) is 51.4 Å². The first kappa shape index (κ1) is 61.0. The molecule has 0 aliphatic heterocycles.